The number of carbonyl (C=O) groups is 2. The summed E-state index contributed by atoms with van der Waals surface area (Å²) in [6.45, 7) is 4.77. The fourth-order valence-electron chi connectivity index (χ4n) is 1.10. The van der Waals surface area contributed by atoms with E-state index in [9.17, 15) is 9.59 Å². The van der Waals surface area contributed by atoms with Crippen LogP contribution in [-0.2, 0) is 14.3 Å². The van der Waals surface area contributed by atoms with Crippen molar-refractivity contribution in [3.63, 3.8) is 0 Å². The molecule has 0 heterocycles. The van der Waals surface area contributed by atoms with Crippen LogP contribution in [0.25, 0.3) is 0 Å². The zero-order valence-electron chi connectivity index (χ0n) is 9.21. The summed E-state index contributed by atoms with van der Waals surface area (Å²) in [6.07, 6.45) is 2.29. The molecule has 4 heteroatoms. The maximum atomic E-state index is 11.1. The molecule has 82 valence electrons. The standard InChI is InChI=1S/C10H19NO3/c1-4-5-7-11(9(2)12)8-6-10(13)14-3/h4-8H2,1-3H3. The Kier molecular flexibility index (Phi) is 6.80. The number of nitrogens with zero attached hydrogens (tertiary/aromatic N) is 1. The van der Waals surface area contributed by atoms with E-state index in [1.807, 2.05) is 0 Å². The highest BCUT2D eigenvalue weighted by atomic mass is 16.5. The zero-order valence-corrected chi connectivity index (χ0v) is 9.21. The van der Waals surface area contributed by atoms with E-state index in [2.05, 4.69) is 11.7 Å². The molecule has 0 aliphatic heterocycles. The van der Waals surface area contributed by atoms with Crippen LogP contribution in [0.2, 0.25) is 0 Å². The molecule has 0 aliphatic rings. The van der Waals surface area contributed by atoms with Crippen molar-refractivity contribution >= 4 is 11.9 Å². The van der Waals surface area contributed by atoms with Gasteiger partial charge in [0.1, 0.15) is 0 Å². The largest absolute Gasteiger partial charge is 0.469 e. The second-order valence-corrected chi connectivity index (χ2v) is 3.19. The van der Waals surface area contributed by atoms with Crippen molar-refractivity contribution < 1.29 is 14.3 Å². The predicted octanol–water partition coefficient (Wildman–Crippen LogP) is 1.20. The Bertz CT molecular complexity index is 192. The van der Waals surface area contributed by atoms with Crippen molar-refractivity contribution in [1.82, 2.24) is 4.90 Å². The molecule has 0 spiro atoms. The van der Waals surface area contributed by atoms with Crippen LogP contribution in [-0.4, -0.2) is 37.0 Å². The average molecular weight is 201 g/mol. The normalized spacial score (nSPS) is 9.64. The Balaban J connectivity index is 3.84. The van der Waals surface area contributed by atoms with E-state index in [1.54, 1.807) is 4.90 Å². The SMILES string of the molecule is CCCCN(CCC(=O)OC)C(C)=O. The molecular formula is C10H19NO3. The number of amides is 1. The van der Waals surface area contributed by atoms with Crippen LogP contribution in [0.3, 0.4) is 0 Å². The van der Waals surface area contributed by atoms with E-state index in [1.165, 1.54) is 14.0 Å². The van der Waals surface area contributed by atoms with E-state index in [4.69, 9.17) is 0 Å². The van der Waals surface area contributed by atoms with E-state index >= 15 is 0 Å². The average Bonchev–Trinajstić information content (AvgIpc) is 2.16. The van der Waals surface area contributed by atoms with Gasteiger partial charge in [0, 0.05) is 20.0 Å². The molecule has 14 heavy (non-hydrogen) atoms. The third kappa shape index (κ3) is 5.56. The van der Waals surface area contributed by atoms with Crippen LogP contribution in [0.5, 0.6) is 0 Å². The summed E-state index contributed by atoms with van der Waals surface area (Å²) in [5.74, 6) is -0.255. The van der Waals surface area contributed by atoms with Crippen molar-refractivity contribution in [2.75, 3.05) is 20.2 Å². The first-order valence-corrected chi connectivity index (χ1v) is 4.94. The first-order chi connectivity index (χ1) is 6.61. The molecule has 0 N–H and O–H groups in total. The maximum absolute atomic E-state index is 11.1. The lowest BCUT2D eigenvalue weighted by Crippen LogP contribution is -2.32. The number of ether oxygens (including phenoxy) is 1. The summed E-state index contributed by atoms with van der Waals surface area (Å²) in [5, 5.41) is 0. The second-order valence-electron chi connectivity index (χ2n) is 3.19. The van der Waals surface area contributed by atoms with Gasteiger partial charge in [-0.05, 0) is 6.42 Å². The molecule has 0 rings (SSSR count). The molecule has 0 saturated carbocycles. The van der Waals surface area contributed by atoms with Gasteiger partial charge in [0.05, 0.1) is 13.5 Å². The fourth-order valence-corrected chi connectivity index (χ4v) is 1.10. The molecule has 0 aromatic heterocycles. The summed E-state index contributed by atoms with van der Waals surface area (Å²) in [6, 6.07) is 0. The summed E-state index contributed by atoms with van der Waals surface area (Å²) < 4.78 is 4.51. The Labute approximate surface area is 85.2 Å². The van der Waals surface area contributed by atoms with Gasteiger partial charge in [0.15, 0.2) is 0 Å². The minimum Gasteiger partial charge on any atom is -0.469 e. The number of unbranched alkanes of at least 4 members (excludes halogenated alkanes) is 1. The van der Waals surface area contributed by atoms with E-state index in [0.29, 0.717) is 6.54 Å². The minimum absolute atomic E-state index is 0.0161. The minimum atomic E-state index is -0.271. The quantitative estimate of drug-likeness (QED) is 0.607. The van der Waals surface area contributed by atoms with Gasteiger partial charge in [-0.15, -0.1) is 0 Å². The molecule has 0 fully saturated rings. The number of methoxy groups -OCH3 is 1. The lowest BCUT2D eigenvalue weighted by atomic mass is 10.3. The molecule has 0 saturated heterocycles. The predicted molar refractivity (Wildman–Crippen MR) is 53.8 cm³/mol. The van der Waals surface area contributed by atoms with E-state index in [-0.39, 0.29) is 18.3 Å². The summed E-state index contributed by atoms with van der Waals surface area (Å²) in [5.41, 5.74) is 0. The smallest absolute Gasteiger partial charge is 0.307 e. The molecule has 0 radical (unpaired) electrons. The van der Waals surface area contributed by atoms with Crippen LogP contribution in [0, 0.1) is 0 Å². The van der Waals surface area contributed by atoms with Crippen molar-refractivity contribution in [2.45, 2.75) is 33.1 Å². The highest BCUT2D eigenvalue weighted by Gasteiger charge is 2.10. The van der Waals surface area contributed by atoms with Crippen LogP contribution in [0.1, 0.15) is 33.1 Å². The molecule has 4 nitrogen and oxygen atoms in total. The van der Waals surface area contributed by atoms with Crippen molar-refractivity contribution in [3.8, 4) is 0 Å². The van der Waals surface area contributed by atoms with Gasteiger partial charge in [-0.25, -0.2) is 0 Å². The van der Waals surface area contributed by atoms with Gasteiger partial charge < -0.3 is 9.64 Å². The van der Waals surface area contributed by atoms with E-state index < -0.39 is 0 Å². The molecule has 1 amide bonds. The van der Waals surface area contributed by atoms with E-state index in [0.717, 1.165) is 19.4 Å². The number of carbonyl (C=O) groups excluding carboxylic acids is 2. The van der Waals surface area contributed by atoms with Crippen molar-refractivity contribution in [2.24, 2.45) is 0 Å². The fraction of sp³-hybridized carbons (Fsp3) is 0.800. The topological polar surface area (TPSA) is 46.6 Å². The molecule has 0 bridgehead atoms. The Morgan fingerprint density at radius 1 is 1.29 bits per heavy atom. The summed E-state index contributed by atoms with van der Waals surface area (Å²) >= 11 is 0. The zero-order chi connectivity index (χ0) is 11.0. The monoisotopic (exact) mass is 201 g/mol. The molecule has 0 aromatic carbocycles. The Morgan fingerprint density at radius 2 is 1.93 bits per heavy atom. The number of hydrogen-bond donors (Lipinski definition) is 0. The Hall–Kier alpha value is -1.06. The van der Waals surface area contributed by atoms with Gasteiger partial charge in [0.25, 0.3) is 0 Å². The van der Waals surface area contributed by atoms with Crippen molar-refractivity contribution in [1.29, 1.82) is 0 Å². The second kappa shape index (κ2) is 7.35. The summed E-state index contributed by atoms with van der Waals surface area (Å²) in [4.78, 5) is 23.7. The van der Waals surface area contributed by atoms with Crippen LogP contribution in [0.15, 0.2) is 0 Å². The van der Waals surface area contributed by atoms with Crippen LogP contribution >= 0.6 is 0 Å². The van der Waals surface area contributed by atoms with Gasteiger partial charge in [0.2, 0.25) is 5.91 Å². The summed E-state index contributed by atoms with van der Waals surface area (Å²) in [7, 11) is 1.35. The maximum Gasteiger partial charge on any atom is 0.307 e. The number of hydrogen-bond acceptors (Lipinski definition) is 3. The first-order valence-electron chi connectivity index (χ1n) is 4.94. The highest BCUT2D eigenvalue weighted by molar-refractivity contribution is 5.74. The number of esters is 1. The Morgan fingerprint density at radius 3 is 2.36 bits per heavy atom. The van der Waals surface area contributed by atoms with Crippen LogP contribution < -0.4 is 0 Å². The van der Waals surface area contributed by atoms with Crippen LogP contribution in [0.4, 0.5) is 0 Å². The highest BCUT2D eigenvalue weighted by Crippen LogP contribution is 1.98. The first kappa shape index (κ1) is 12.9. The van der Waals surface area contributed by atoms with Gasteiger partial charge >= 0.3 is 5.97 Å². The number of rotatable bonds is 6. The molecular weight excluding hydrogens is 182 g/mol. The molecule has 0 aromatic rings. The van der Waals surface area contributed by atoms with Crippen molar-refractivity contribution in [3.05, 3.63) is 0 Å². The van der Waals surface area contributed by atoms with Gasteiger partial charge in [-0.1, -0.05) is 13.3 Å². The lowest BCUT2D eigenvalue weighted by Gasteiger charge is -2.19. The lowest BCUT2D eigenvalue weighted by molar-refractivity contribution is -0.141. The third-order valence-corrected chi connectivity index (χ3v) is 2.04. The van der Waals surface area contributed by atoms with Gasteiger partial charge in [-0.2, -0.15) is 0 Å². The molecule has 0 aliphatic carbocycles. The third-order valence-electron chi connectivity index (χ3n) is 2.04. The molecule has 0 atom stereocenters. The van der Waals surface area contributed by atoms with Gasteiger partial charge in [-0.3, -0.25) is 9.59 Å². The molecule has 0 unspecified atom stereocenters.